The monoisotopic (exact) mass is 386 g/mol. The van der Waals surface area contributed by atoms with Crippen molar-refractivity contribution in [3.8, 4) is 0 Å². The van der Waals surface area contributed by atoms with E-state index in [4.69, 9.17) is 4.74 Å². The van der Waals surface area contributed by atoms with Crippen molar-refractivity contribution in [3.05, 3.63) is 30.1 Å². The summed E-state index contributed by atoms with van der Waals surface area (Å²) >= 11 is 0. The lowest BCUT2D eigenvalue weighted by Crippen LogP contribution is -2.49. The van der Waals surface area contributed by atoms with Gasteiger partial charge in [0.05, 0.1) is 6.10 Å². The molecule has 0 radical (unpaired) electrons. The van der Waals surface area contributed by atoms with Crippen molar-refractivity contribution < 1.29 is 9.53 Å². The van der Waals surface area contributed by atoms with Gasteiger partial charge in [0.2, 0.25) is 5.91 Å². The highest BCUT2D eigenvalue weighted by Gasteiger charge is 2.31. The number of likely N-dealkylation sites (tertiary alicyclic amines) is 2. The number of carbonyl (C=O) groups excluding carboxylic acids is 1. The average Bonchev–Trinajstić information content (AvgIpc) is 3.27. The smallest absolute Gasteiger partial charge is 0.223 e. The van der Waals surface area contributed by atoms with Gasteiger partial charge in [0, 0.05) is 44.0 Å². The van der Waals surface area contributed by atoms with E-state index in [2.05, 4.69) is 26.2 Å². The molecule has 0 aliphatic carbocycles. The van der Waals surface area contributed by atoms with Crippen molar-refractivity contribution in [2.24, 2.45) is 5.92 Å². The van der Waals surface area contributed by atoms with Crippen molar-refractivity contribution in [3.63, 3.8) is 0 Å². The molecule has 4 heterocycles. The fraction of sp³-hybridized carbons (Fsp3) is 0.727. The van der Waals surface area contributed by atoms with Crippen LogP contribution in [0.25, 0.3) is 0 Å². The number of pyridine rings is 1. The summed E-state index contributed by atoms with van der Waals surface area (Å²) < 4.78 is 5.60. The largest absolute Gasteiger partial charge is 0.376 e. The zero-order chi connectivity index (χ0) is 19.2. The number of amides is 1. The van der Waals surface area contributed by atoms with Crippen LogP contribution >= 0.6 is 0 Å². The van der Waals surface area contributed by atoms with Gasteiger partial charge in [-0.25, -0.2) is 0 Å². The van der Waals surface area contributed by atoms with E-state index in [-0.39, 0.29) is 17.9 Å². The van der Waals surface area contributed by atoms with Crippen LogP contribution in [-0.2, 0) is 16.1 Å². The molecular formula is C22H34N4O2. The second-order valence-electron chi connectivity index (χ2n) is 8.56. The lowest BCUT2D eigenvalue weighted by Gasteiger charge is -2.41. The van der Waals surface area contributed by atoms with Gasteiger partial charge in [0.1, 0.15) is 0 Å². The number of nitrogens with one attached hydrogen (secondary N) is 1. The van der Waals surface area contributed by atoms with Crippen molar-refractivity contribution in [2.75, 3.05) is 39.3 Å². The lowest BCUT2D eigenvalue weighted by molar-refractivity contribution is -0.127. The highest BCUT2D eigenvalue weighted by Crippen LogP contribution is 2.25. The van der Waals surface area contributed by atoms with Crippen LogP contribution in [0.5, 0.6) is 0 Å². The topological polar surface area (TPSA) is 57.7 Å². The van der Waals surface area contributed by atoms with Crippen molar-refractivity contribution >= 4 is 5.91 Å². The predicted octanol–water partition coefficient (Wildman–Crippen LogP) is 2.05. The predicted molar refractivity (Wildman–Crippen MR) is 109 cm³/mol. The molecule has 0 aromatic carbocycles. The minimum absolute atomic E-state index is 0.184. The summed E-state index contributed by atoms with van der Waals surface area (Å²) in [5, 5.41) is 3.12. The molecule has 3 aliphatic rings. The van der Waals surface area contributed by atoms with Gasteiger partial charge in [-0.1, -0.05) is 6.07 Å². The van der Waals surface area contributed by atoms with Crippen molar-refractivity contribution in [2.45, 2.75) is 57.2 Å². The van der Waals surface area contributed by atoms with E-state index >= 15 is 0 Å². The van der Waals surface area contributed by atoms with Crippen LogP contribution in [0.4, 0.5) is 0 Å². The maximum atomic E-state index is 12.5. The van der Waals surface area contributed by atoms with E-state index < -0.39 is 0 Å². The van der Waals surface area contributed by atoms with Crippen LogP contribution in [0.1, 0.15) is 44.1 Å². The summed E-state index contributed by atoms with van der Waals surface area (Å²) in [5.41, 5.74) is 1.30. The molecular weight excluding hydrogens is 352 g/mol. The molecule has 6 heteroatoms. The highest BCUT2D eigenvalue weighted by atomic mass is 16.5. The van der Waals surface area contributed by atoms with E-state index in [0.29, 0.717) is 12.6 Å². The molecule has 3 aliphatic heterocycles. The third-order valence-electron chi connectivity index (χ3n) is 6.63. The maximum absolute atomic E-state index is 12.5. The minimum Gasteiger partial charge on any atom is -0.376 e. The van der Waals surface area contributed by atoms with E-state index in [1.165, 1.54) is 18.4 Å². The molecule has 1 aromatic rings. The molecule has 154 valence electrons. The Labute approximate surface area is 168 Å². The number of ether oxygens (including phenoxy) is 1. The van der Waals surface area contributed by atoms with Crippen LogP contribution < -0.4 is 5.32 Å². The maximum Gasteiger partial charge on any atom is 0.223 e. The molecule has 0 saturated carbocycles. The third kappa shape index (κ3) is 5.31. The fourth-order valence-electron chi connectivity index (χ4n) is 4.88. The number of hydrogen-bond acceptors (Lipinski definition) is 5. The normalized spacial score (nSPS) is 25.8. The Bertz CT molecular complexity index is 604. The van der Waals surface area contributed by atoms with E-state index in [1.807, 2.05) is 18.5 Å². The van der Waals surface area contributed by atoms with Gasteiger partial charge in [-0.2, -0.15) is 0 Å². The Kier molecular flexibility index (Phi) is 6.94. The lowest BCUT2D eigenvalue weighted by atomic mass is 9.92. The molecule has 0 bridgehead atoms. The summed E-state index contributed by atoms with van der Waals surface area (Å²) in [5.74, 6) is 0.421. The first kappa shape index (κ1) is 19.8. The first-order valence-electron chi connectivity index (χ1n) is 11.0. The minimum atomic E-state index is 0.184. The third-order valence-corrected chi connectivity index (χ3v) is 6.63. The molecule has 1 aromatic heterocycles. The highest BCUT2D eigenvalue weighted by molar-refractivity contribution is 5.78. The van der Waals surface area contributed by atoms with Gasteiger partial charge in [0.25, 0.3) is 0 Å². The molecule has 4 rings (SSSR count). The Balaban J connectivity index is 1.15. The van der Waals surface area contributed by atoms with Crippen LogP contribution in [0.3, 0.4) is 0 Å². The quantitative estimate of drug-likeness (QED) is 0.811. The van der Waals surface area contributed by atoms with Crippen LogP contribution in [0.2, 0.25) is 0 Å². The molecule has 3 saturated heterocycles. The molecule has 3 fully saturated rings. The zero-order valence-corrected chi connectivity index (χ0v) is 16.9. The standard InChI is InChI=1S/C22H34N4O2/c27-22(24-16-21-4-2-14-28-21)19-5-12-26(13-6-19)20-7-10-25(11-8-20)17-18-3-1-9-23-15-18/h1,3,9,15,19-21H,2,4-8,10-14,16-17H2,(H,24,27)/t21-/m1/s1. The Morgan fingerprint density at radius 3 is 2.64 bits per heavy atom. The first-order valence-corrected chi connectivity index (χ1v) is 11.0. The molecule has 28 heavy (non-hydrogen) atoms. The van der Waals surface area contributed by atoms with Gasteiger partial charge >= 0.3 is 0 Å². The van der Waals surface area contributed by atoms with Crippen LogP contribution in [0, 0.1) is 5.92 Å². The summed E-state index contributed by atoms with van der Waals surface area (Å²) in [6.45, 7) is 6.97. The van der Waals surface area contributed by atoms with Crippen molar-refractivity contribution in [1.29, 1.82) is 0 Å². The molecule has 6 nitrogen and oxygen atoms in total. The summed E-state index contributed by atoms with van der Waals surface area (Å²) in [7, 11) is 0. The number of piperidine rings is 2. The molecule has 1 atom stereocenters. The molecule has 0 unspecified atom stereocenters. The van der Waals surface area contributed by atoms with Gasteiger partial charge < -0.3 is 15.0 Å². The van der Waals surface area contributed by atoms with E-state index in [0.717, 1.165) is 65.0 Å². The first-order chi connectivity index (χ1) is 13.8. The van der Waals surface area contributed by atoms with Crippen molar-refractivity contribution in [1.82, 2.24) is 20.1 Å². The van der Waals surface area contributed by atoms with Gasteiger partial charge in [-0.15, -0.1) is 0 Å². The summed E-state index contributed by atoms with van der Waals surface area (Å²) in [4.78, 5) is 21.8. The van der Waals surface area contributed by atoms with E-state index in [1.54, 1.807) is 0 Å². The second kappa shape index (κ2) is 9.81. The number of aromatic nitrogens is 1. The number of carbonyl (C=O) groups is 1. The number of rotatable bonds is 6. The van der Waals surface area contributed by atoms with Gasteiger partial charge in [-0.3, -0.25) is 14.7 Å². The Morgan fingerprint density at radius 1 is 1.14 bits per heavy atom. The second-order valence-corrected chi connectivity index (χ2v) is 8.56. The summed E-state index contributed by atoms with van der Waals surface area (Å²) in [6.07, 6.45) is 10.7. The Hall–Kier alpha value is -1.50. The number of hydrogen-bond donors (Lipinski definition) is 1. The van der Waals surface area contributed by atoms with E-state index in [9.17, 15) is 4.79 Å². The van der Waals surface area contributed by atoms with Gasteiger partial charge in [0.15, 0.2) is 0 Å². The average molecular weight is 387 g/mol. The molecule has 1 amide bonds. The molecule has 0 spiro atoms. The SMILES string of the molecule is O=C(NC[C@H]1CCCO1)C1CCN(C2CCN(Cc3cccnc3)CC2)CC1. The summed E-state index contributed by atoms with van der Waals surface area (Å²) in [6, 6.07) is 4.86. The molecule has 1 N–H and O–H groups in total. The fourth-order valence-corrected chi connectivity index (χ4v) is 4.88. The number of nitrogens with zero attached hydrogens (tertiary/aromatic N) is 3. The van der Waals surface area contributed by atoms with Gasteiger partial charge in [-0.05, 0) is 76.3 Å². The van der Waals surface area contributed by atoms with Crippen LogP contribution in [0.15, 0.2) is 24.5 Å². The zero-order valence-electron chi connectivity index (χ0n) is 16.9. The van der Waals surface area contributed by atoms with Crippen LogP contribution in [-0.4, -0.2) is 72.2 Å². The Morgan fingerprint density at radius 2 is 1.96 bits per heavy atom.